The number of nitro groups is 1. The average molecular weight is 334 g/mol. The summed E-state index contributed by atoms with van der Waals surface area (Å²) in [4.78, 5) is 33.8. The van der Waals surface area contributed by atoms with Gasteiger partial charge in [-0.1, -0.05) is 0 Å². The summed E-state index contributed by atoms with van der Waals surface area (Å²) in [7, 11) is 1.32. The van der Waals surface area contributed by atoms with Crippen molar-refractivity contribution in [3.63, 3.8) is 0 Å². The van der Waals surface area contributed by atoms with Gasteiger partial charge in [0, 0.05) is 6.07 Å². The molecule has 0 bridgehead atoms. The molecule has 2 rings (SSSR count). The van der Waals surface area contributed by atoms with Gasteiger partial charge in [-0.2, -0.15) is 0 Å². The Morgan fingerprint density at radius 2 is 2.08 bits per heavy atom. The molecule has 9 nitrogen and oxygen atoms in total. The molecule has 0 unspecified atom stereocenters. The number of nitrogens with zero attached hydrogens (tertiary/aromatic N) is 1. The highest BCUT2D eigenvalue weighted by molar-refractivity contribution is 5.96. The number of hydrogen-bond donors (Lipinski definition) is 1. The fraction of sp³-hybridized carbons (Fsp3) is 0.200. The summed E-state index contributed by atoms with van der Waals surface area (Å²) in [5.41, 5.74) is 0.283. The number of carbonyl (C=O) groups excluding carboxylic acids is 2. The second kappa shape index (κ2) is 7.27. The van der Waals surface area contributed by atoms with E-state index in [2.05, 4.69) is 5.32 Å². The number of non-ortho nitro benzene ring substituents is 1. The Labute approximate surface area is 136 Å². The lowest BCUT2D eigenvalue weighted by molar-refractivity contribution is -0.384. The van der Waals surface area contributed by atoms with E-state index in [-0.39, 0.29) is 22.7 Å². The van der Waals surface area contributed by atoms with E-state index in [4.69, 9.17) is 13.9 Å². The van der Waals surface area contributed by atoms with Gasteiger partial charge in [-0.25, -0.2) is 4.79 Å². The standard InChI is InChI=1S/C15H14N2O7/c1-9-11(5-6-23-9)15(19)24-8-14(18)16-12-4-3-10(17(20)21)7-13(12)22-2/h3-7H,8H2,1-2H3,(H,16,18). The van der Waals surface area contributed by atoms with Gasteiger partial charge in [0.15, 0.2) is 6.61 Å². The molecule has 0 saturated heterocycles. The first-order chi connectivity index (χ1) is 11.4. The van der Waals surface area contributed by atoms with E-state index in [1.165, 1.54) is 37.6 Å². The summed E-state index contributed by atoms with van der Waals surface area (Å²) in [6, 6.07) is 5.17. The molecule has 0 spiro atoms. The summed E-state index contributed by atoms with van der Waals surface area (Å²) in [6.45, 7) is 1.07. The molecule has 0 saturated carbocycles. The number of anilines is 1. The van der Waals surface area contributed by atoms with Crippen molar-refractivity contribution in [1.82, 2.24) is 0 Å². The predicted molar refractivity (Wildman–Crippen MR) is 82.0 cm³/mol. The fourth-order valence-corrected chi connectivity index (χ4v) is 1.89. The molecule has 0 fully saturated rings. The molecule has 1 aromatic carbocycles. The van der Waals surface area contributed by atoms with E-state index in [1.807, 2.05) is 0 Å². The molecule has 2 aromatic rings. The van der Waals surface area contributed by atoms with Crippen molar-refractivity contribution in [2.45, 2.75) is 6.92 Å². The maximum atomic E-state index is 11.9. The Bertz CT molecular complexity index is 782. The third-order valence-corrected chi connectivity index (χ3v) is 3.08. The van der Waals surface area contributed by atoms with Crippen LogP contribution in [0.3, 0.4) is 0 Å². The Morgan fingerprint density at radius 3 is 2.67 bits per heavy atom. The molecule has 0 aliphatic heterocycles. The molecule has 1 heterocycles. The van der Waals surface area contributed by atoms with E-state index < -0.39 is 23.4 Å². The van der Waals surface area contributed by atoms with E-state index in [0.717, 1.165) is 0 Å². The van der Waals surface area contributed by atoms with Crippen LogP contribution in [0.4, 0.5) is 11.4 Å². The number of rotatable bonds is 6. The lowest BCUT2D eigenvalue weighted by Gasteiger charge is -2.10. The highest BCUT2D eigenvalue weighted by Crippen LogP contribution is 2.28. The number of hydrogen-bond acceptors (Lipinski definition) is 7. The van der Waals surface area contributed by atoms with E-state index in [1.54, 1.807) is 6.92 Å². The van der Waals surface area contributed by atoms with Crippen LogP contribution in [0.15, 0.2) is 34.9 Å². The zero-order chi connectivity index (χ0) is 17.7. The molecule has 1 aromatic heterocycles. The van der Waals surface area contributed by atoms with Crippen molar-refractivity contribution in [2.24, 2.45) is 0 Å². The fourth-order valence-electron chi connectivity index (χ4n) is 1.89. The Morgan fingerprint density at radius 1 is 1.33 bits per heavy atom. The lowest BCUT2D eigenvalue weighted by atomic mass is 10.2. The largest absolute Gasteiger partial charge is 0.494 e. The quantitative estimate of drug-likeness (QED) is 0.488. The zero-order valence-electron chi connectivity index (χ0n) is 12.9. The Balaban J connectivity index is 1.98. The van der Waals surface area contributed by atoms with Gasteiger partial charge in [0.05, 0.1) is 30.1 Å². The molecule has 0 aliphatic rings. The lowest BCUT2D eigenvalue weighted by Crippen LogP contribution is -2.21. The molecule has 0 atom stereocenters. The number of furan rings is 1. The van der Waals surface area contributed by atoms with E-state index in [0.29, 0.717) is 5.76 Å². The van der Waals surface area contributed by atoms with Crippen LogP contribution in [-0.2, 0) is 9.53 Å². The molecule has 126 valence electrons. The minimum atomic E-state index is -0.688. The number of methoxy groups -OCH3 is 1. The van der Waals surface area contributed by atoms with Crippen molar-refractivity contribution in [1.29, 1.82) is 0 Å². The summed E-state index contributed by atoms with van der Waals surface area (Å²) < 4.78 is 14.9. The van der Waals surface area contributed by atoms with Crippen molar-refractivity contribution in [3.8, 4) is 5.75 Å². The minimum Gasteiger partial charge on any atom is -0.494 e. The summed E-state index contributed by atoms with van der Waals surface area (Å²) in [5.74, 6) is -0.796. The van der Waals surface area contributed by atoms with Gasteiger partial charge in [0.25, 0.3) is 11.6 Å². The third kappa shape index (κ3) is 3.88. The second-order valence-corrected chi connectivity index (χ2v) is 4.66. The number of carbonyl (C=O) groups is 2. The van der Waals surface area contributed by atoms with Gasteiger partial charge in [-0.3, -0.25) is 14.9 Å². The molecular formula is C15H14N2O7. The van der Waals surface area contributed by atoms with Crippen LogP contribution in [0.25, 0.3) is 0 Å². The van der Waals surface area contributed by atoms with Crippen molar-refractivity contribution >= 4 is 23.3 Å². The number of esters is 1. The maximum absolute atomic E-state index is 11.9. The maximum Gasteiger partial charge on any atom is 0.342 e. The molecule has 1 N–H and O–H groups in total. The number of amides is 1. The van der Waals surface area contributed by atoms with Gasteiger partial charge < -0.3 is 19.2 Å². The first-order valence-corrected chi connectivity index (χ1v) is 6.76. The monoisotopic (exact) mass is 334 g/mol. The topological polar surface area (TPSA) is 121 Å². The zero-order valence-corrected chi connectivity index (χ0v) is 12.9. The molecule has 1 amide bonds. The molecule has 9 heteroatoms. The molecule has 0 radical (unpaired) electrons. The molecular weight excluding hydrogens is 320 g/mol. The van der Waals surface area contributed by atoms with Gasteiger partial charge in [-0.05, 0) is 19.1 Å². The predicted octanol–water partition coefficient (Wildman–Crippen LogP) is 2.30. The molecule has 24 heavy (non-hydrogen) atoms. The van der Waals surface area contributed by atoms with Crippen LogP contribution in [0.2, 0.25) is 0 Å². The second-order valence-electron chi connectivity index (χ2n) is 4.66. The summed E-state index contributed by atoms with van der Waals surface area (Å²) in [5, 5.41) is 13.2. The summed E-state index contributed by atoms with van der Waals surface area (Å²) in [6.07, 6.45) is 1.34. The number of nitrogens with one attached hydrogen (secondary N) is 1. The van der Waals surface area contributed by atoms with Crippen LogP contribution in [0, 0.1) is 17.0 Å². The van der Waals surface area contributed by atoms with Gasteiger partial charge in [0.1, 0.15) is 17.1 Å². The minimum absolute atomic E-state index is 0.120. The van der Waals surface area contributed by atoms with Crippen LogP contribution in [-0.4, -0.2) is 30.5 Å². The highest BCUT2D eigenvalue weighted by Gasteiger charge is 2.17. The van der Waals surface area contributed by atoms with Crippen LogP contribution < -0.4 is 10.1 Å². The van der Waals surface area contributed by atoms with Crippen LogP contribution >= 0.6 is 0 Å². The van der Waals surface area contributed by atoms with Crippen molar-refractivity contribution in [3.05, 3.63) is 52.0 Å². The van der Waals surface area contributed by atoms with Gasteiger partial charge in [-0.15, -0.1) is 0 Å². The number of benzene rings is 1. The van der Waals surface area contributed by atoms with Crippen molar-refractivity contribution < 1.29 is 28.4 Å². The van der Waals surface area contributed by atoms with Crippen LogP contribution in [0.5, 0.6) is 5.75 Å². The van der Waals surface area contributed by atoms with E-state index in [9.17, 15) is 19.7 Å². The number of nitro benzene ring substituents is 1. The van der Waals surface area contributed by atoms with Gasteiger partial charge in [0.2, 0.25) is 0 Å². The SMILES string of the molecule is COc1cc([N+](=O)[O-])ccc1NC(=O)COC(=O)c1ccoc1C. The van der Waals surface area contributed by atoms with E-state index >= 15 is 0 Å². The normalized spacial score (nSPS) is 10.1. The van der Waals surface area contributed by atoms with Crippen molar-refractivity contribution in [2.75, 3.05) is 19.0 Å². The first-order valence-electron chi connectivity index (χ1n) is 6.76. The van der Waals surface area contributed by atoms with Crippen LogP contribution in [0.1, 0.15) is 16.1 Å². The van der Waals surface area contributed by atoms with Gasteiger partial charge >= 0.3 is 5.97 Å². The summed E-state index contributed by atoms with van der Waals surface area (Å²) >= 11 is 0. The molecule has 0 aliphatic carbocycles. The average Bonchev–Trinajstić information content (AvgIpc) is 2.99. The number of ether oxygens (including phenoxy) is 2. The first kappa shape index (κ1) is 17.0. The Hall–Kier alpha value is -3.36. The highest BCUT2D eigenvalue weighted by atomic mass is 16.6. The Kier molecular flexibility index (Phi) is 5.15. The number of aryl methyl sites for hydroxylation is 1. The third-order valence-electron chi connectivity index (χ3n) is 3.08. The smallest absolute Gasteiger partial charge is 0.342 e.